The van der Waals surface area contributed by atoms with E-state index in [9.17, 15) is 9.59 Å². The lowest BCUT2D eigenvalue weighted by molar-refractivity contribution is -0.140. The summed E-state index contributed by atoms with van der Waals surface area (Å²) in [5.74, 6) is 1.03. The van der Waals surface area contributed by atoms with Crippen LogP contribution in [-0.2, 0) is 14.3 Å². The predicted octanol–water partition coefficient (Wildman–Crippen LogP) is 1.13. The van der Waals surface area contributed by atoms with Gasteiger partial charge in [0.15, 0.2) is 0 Å². The van der Waals surface area contributed by atoms with Crippen LogP contribution >= 0.6 is 11.8 Å². The van der Waals surface area contributed by atoms with E-state index in [0.717, 1.165) is 24.3 Å². The number of carbonyl (C=O) groups is 2. The first-order chi connectivity index (χ1) is 8.47. The SMILES string of the molecule is COCC(C)(CC(=O)O)NC(=O)C1CCSCC1. The average molecular weight is 275 g/mol. The molecule has 1 saturated heterocycles. The Bertz CT molecular complexity index is 304. The Morgan fingerprint density at radius 2 is 2.06 bits per heavy atom. The molecule has 1 aliphatic rings. The molecule has 1 amide bonds. The zero-order valence-electron chi connectivity index (χ0n) is 10.9. The lowest BCUT2D eigenvalue weighted by Gasteiger charge is -2.31. The fourth-order valence-electron chi connectivity index (χ4n) is 2.14. The van der Waals surface area contributed by atoms with Gasteiger partial charge in [-0.05, 0) is 31.3 Å². The van der Waals surface area contributed by atoms with Crippen molar-refractivity contribution in [2.75, 3.05) is 25.2 Å². The van der Waals surface area contributed by atoms with Gasteiger partial charge in [-0.1, -0.05) is 0 Å². The quantitative estimate of drug-likeness (QED) is 0.760. The zero-order valence-corrected chi connectivity index (χ0v) is 11.7. The number of ether oxygens (including phenoxy) is 1. The summed E-state index contributed by atoms with van der Waals surface area (Å²) in [4.78, 5) is 22.9. The van der Waals surface area contributed by atoms with Crippen LogP contribution in [0.2, 0.25) is 0 Å². The van der Waals surface area contributed by atoms with Gasteiger partial charge < -0.3 is 15.2 Å². The van der Waals surface area contributed by atoms with E-state index in [2.05, 4.69) is 5.32 Å². The van der Waals surface area contributed by atoms with Crippen LogP contribution in [0.5, 0.6) is 0 Å². The fourth-order valence-corrected chi connectivity index (χ4v) is 3.25. The van der Waals surface area contributed by atoms with Gasteiger partial charge in [0.05, 0.1) is 18.6 Å². The molecular formula is C12H21NO4S. The zero-order chi connectivity index (χ0) is 13.6. The molecule has 1 atom stereocenters. The second kappa shape index (κ2) is 6.99. The third kappa shape index (κ3) is 4.86. The summed E-state index contributed by atoms with van der Waals surface area (Å²) >= 11 is 1.86. The van der Waals surface area contributed by atoms with Crippen LogP contribution in [0.4, 0.5) is 0 Å². The van der Waals surface area contributed by atoms with E-state index < -0.39 is 11.5 Å². The summed E-state index contributed by atoms with van der Waals surface area (Å²) < 4.78 is 5.01. The molecule has 0 saturated carbocycles. The van der Waals surface area contributed by atoms with Crippen LogP contribution < -0.4 is 5.32 Å². The molecule has 0 aromatic heterocycles. The van der Waals surface area contributed by atoms with E-state index >= 15 is 0 Å². The minimum Gasteiger partial charge on any atom is -0.481 e. The minimum atomic E-state index is -0.936. The van der Waals surface area contributed by atoms with Crippen LogP contribution in [0.25, 0.3) is 0 Å². The molecule has 2 N–H and O–H groups in total. The molecule has 104 valence electrons. The number of rotatable bonds is 6. The lowest BCUT2D eigenvalue weighted by Crippen LogP contribution is -2.52. The van der Waals surface area contributed by atoms with Gasteiger partial charge in [-0.15, -0.1) is 0 Å². The number of thioether (sulfide) groups is 1. The number of carboxylic acids is 1. The number of hydrogen-bond donors (Lipinski definition) is 2. The standard InChI is InChI=1S/C12H21NO4S/c1-12(8-17-2,7-10(14)15)13-11(16)9-3-5-18-6-4-9/h9H,3-8H2,1-2H3,(H,13,16)(H,14,15). The topological polar surface area (TPSA) is 75.6 Å². The highest BCUT2D eigenvalue weighted by molar-refractivity contribution is 7.99. The Labute approximate surface area is 112 Å². The van der Waals surface area contributed by atoms with Crippen LogP contribution in [0, 0.1) is 5.92 Å². The number of carbonyl (C=O) groups excluding carboxylic acids is 1. The van der Waals surface area contributed by atoms with Gasteiger partial charge in [-0.3, -0.25) is 9.59 Å². The first kappa shape index (κ1) is 15.3. The Hall–Kier alpha value is -0.750. The molecule has 0 spiro atoms. The van der Waals surface area contributed by atoms with Gasteiger partial charge in [-0.25, -0.2) is 0 Å². The highest BCUT2D eigenvalue weighted by Crippen LogP contribution is 2.24. The summed E-state index contributed by atoms with van der Waals surface area (Å²) in [6.07, 6.45) is 1.60. The number of nitrogens with one attached hydrogen (secondary N) is 1. The molecule has 1 fully saturated rings. The van der Waals surface area contributed by atoms with Crippen molar-refractivity contribution in [2.45, 2.75) is 31.7 Å². The van der Waals surface area contributed by atoms with Crippen molar-refractivity contribution in [3.8, 4) is 0 Å². The number of amides is 1. The van der Waals surface area contributed by atoms with Crippen molar-refractivity contribution < 1.29 is 19.4 Å². The number of hydrogen-bond acceptors (Lipinski definition) is 4. The lowest BCUT2D eigenvalue weighted by atomic mass is 9.95. The highest BCUT2D eigenvalue weighted by Gasteiger charge is 2.32. The third-order valence-corrected chi connectivity index (χ3v) is 4.07. The van der Waals surface area contributed by atoms with Gasteiger partial charge in [0.2, 0.25) is 5.91 Å². The average Bonchev–Trinajstić information content (AvgIpc) is 2.28. The van der Waals surface area contributed by atoms with E-state index in [0.29, 0.717) is 0 Å². The van der Waals surface area contributed by atoms with Gasteiger partial charge in [0, 0.05) is 13.0 Å². The minimum absolute atomic E-state index is 0.0104. The van der Waals surface area contributed by atoms with Crippen LogP contribution in [0.1, 0.15) is 26.2 Å². The van der Waals surface area contributed by atoms with Gasteiger partial charge in [-0.2, -0.15) is 11.8 Å². The molecule has 0 aromatic rings. The first-order valence-corrected chi connectivity index (χ1v) is 7.23. The van der Waals surface area contributed by atoms with E-state index in [4.69, 9.17) is 9.84 Å². The molecule has 5 nitrogen and oxygen atoms in total. The van der Waals surface area contributed by atoms with Crippen LogP contribution in [-0.4, -0.2) is 47.7 Å². The van der Waals surface area contributed by atoms with Crippen molar-refractivity contribution >= 4 is 23.6 Å². The molecular weight excluding hydrogens is 254 g/mol. The smallest absolute Gasteiger partial charge is 0.305 e. The Morgan fingerprint density at radius 3 is 2.56 bits per heavy atom. The van der Waals surface area contributed by atoms with Crippen LogP contribution in [0.3, 0.4) is 0 Å². The van der Waals surface area contributed by atoms with Gasteiger partial charge in [0.1, 0.15) is 0 Å². The van der Waals surface area contributed by atoms with Crippen molar-refractivity contribution in [3.63, 3.8) is 0 Å². The first-order valence-electron chi connectivity index (χ1n) is 6.07. The second-order valence-electron chi connectivity index (χ2n) is 4.94. The molecule has 0 bridgehead atoms. The highest BCUT2D eigenvalue weighted by atomic mass is 32.2. The van der Waals surface area contributed by atoms with Crippen molar-refractivity contribution in [2.24, 2.45) is 5.92 Å². The maximum Gasteiger partial charge on any atom is 0.305 e. The predicted molar refractivity (Wildman–Crippen MR) is 70.7 cm³/mol. The molecule has 1 unspecified atom stereocenters. The van der Waals surface area contributed by atoms with Crippen molar-refractivity contribution in [1.29, 1.82) is 0 Å². The third-order valence-electron chi connectivity index (χ3n) is 3.02. The summed E-state index contributed by atoms with van der Waals surface area (Å²) in [6.45, 7) is 1.91. The van der Waals surface area contributed by atoms with E-state index in [1.807, 2.05) is 11.8 Å². The summed E-state index contributed by atoms with van der Waals surface area (Å²) in [5, 5.41) is 11.7. The Balaban J connectivity index is 2.58. The molecule has 6 heteroatoms. The fraction of sp³-hybridized carbons (Fsp3) is 0.833. The van der Waals surface area contributed by atoms with Crippen molar-refractivity contribution in [1.82, 2.24) is 5.32 Å². The molecule has 1 heterocycles. The Morgan fingerprint density at radius 1 is 1.44 bits per heavy atom. The van der Waals surface area contributed by atoms with Crippen molar-refractivity contribution in [3.05, 3.63) is 0 Å². The summed E-state index contributed by atoms with van der Waals surface area (Å²) in [5.41, 5.74) is -0.831. The summed E-state index contributed by atoms with van der Waals surface area (Å²) in [6, 6.07) is 0. The van der Waals surface area contributed by atoms with Gasteiger partial charge in [0.25, 0.3) is 0 Å². The number of carboxylic acid groups (broad SMARTS) is 1. The molecule has 18 heavy (non-hydrogen) atoms. The van der Waals surface area contributed by atoms with Gasteiger partial charge >= 0.3 is 5.97 Å². The molecule has 1 rings (SSSR count). The normalized spacial score (nSPS) is 20.1. The molecule has 1 aliphatic heterocycles. The number of methoxy groups -OCH3 is 1. The number of aliphatic carboxylic acids is 1. The molecule has 0 aromatic carbocycles. The largest absolute Gasteiger partial charge is 0.481 e. The van der Waals surface area contributed by atoms with E-state index in [-0.39, 0.29) is 24.9 Å². The van der Waals surface area contributed by atoms with E-state index in [1.54, 1.807) is 6.92 Å². The maximum absolute atomic E-state index is 12.1. The Kier molecular flexibility index (Phi) is 5.95. The monoisotopic (exact) mass is 275 g/mol. The summed E-state index contributed by atoms with van der Waals surface area (Å²) in [7, 11) is 1.50. The molecule has 0 aliphatic carbocycles. The van der Waals surface area contributed by atoms with Crippen LogP contribution in [0.15, 0.2) is 0 Å². The molecule has 0 radical (unpaired) electrons. The van der Waals surface area contributed by atoms with E-state index in [1.165, 1.54) is 7.11 Å². The second-order valence-corrected chi connectivity index (χ2v) is 6.16. The maximum atomic E-state index is 12.1.